The summed E-state index contributed by atoms with van der Waals surface area (Å²) in [5.41, 5.74) is 9.01. The van der Waals surface area contributed by atoms with Gasteiger partial charge in [0, 0.05) is 5.56 Å². The second-order valence-electron chi connectivity index (χ2n) is 6.43. The minimum absolute atomic E-state index is 0.122. The van der Waals surface area contributed by atoms with Crippen molar-refractivity contribution in [3.63, 3.8) is 0 Å². The molecule has 2 N–H and O–H groups in total. The monoisotopic (exact) mass is 328 g/mol. The van der Waals surface area contributed by atoms with Crippen LogP contribution < -0.4 is 5.73 Å². The van der Waals surface area contributed by atoms with Crippen LogP contribution in [0.3, 0.4) is 0 Å². The topological polar surface area (TPSA) is 77.8 Å². The van der Waals surface area contributed by atoms with Crippen LogP contribution in [0.4, 0.5) is 5.13 Å². The molecule has 3 rings (SSSR count). The molecule has 0 unspecified atom stereocenters. The number of nitrogens with two attached hydrogens (primary N) is 1. The van der Waals surface area contributed by atoms with Gasteiger partial charge in [-0.15, -0.1) is 0 Å². The maximum atomic E-state index is 5.79. The Morgan fingerprint density at radius 2 is 1.83 bits per heavy atom. The molecule has 5 nitrogen and oxygen atoms in total. The third kappa shape index (κ3) is 3.12. The summed E-state index contributed by atoms with van der Waals surface area (Å²) < 4.78 is 5.41. The highest BCUT2D eigenvalue weighted by Crippen LogP contribution is 2.32. The second kappa shape index (κ2) is 5.77. The van der Waals surface area contributed by atoms with Crippen molar-refractivity contribution in [3.8, 4) is 22.2 Å². The number of nitrogen functional groups attached to an aromatic ring is 1. The van der Waals surface area contributed by atoms with Crippen LogP contribution in [-0.2, 0) is 11.8 Å². The van der Waals surface area contributed by atoms with Crippen LogP contribution in [0.25, 0.3) is 22.2 Å². The van der Waals surface area contributed by atoms with Crippen molar-refractivity contribution in [2.75, 3.05) is 5.73 Å². The first-order chi connectivity index (χ1) is 10.9. The first-order valence-corrected chi connectivity index (χ1v) is 8.40. The lowest BCUT2D eigenvalue weighted by Gasteiger charge is -2.18. The summed E-state index contributed by atoms with van der Waals surface area (Å²) in [4.78, 5) is 9.65. The van der Waals surface area contributed by atoms with Crippen molar-refractivity contribution in [1.82, 2.24) is 15.1 Å². The number of aromatic nitrogens is 3. The summed E-state index contributed by atoms with van der Waals surface area (Å²) in [5, 5.41) is 4.61. The van der Waals surface area contributed by atoms with Crippen LogP contribution in [0.1, 0.15) is 39.0 Å². The summed E-state index contributed by atoms with van der Waals surface area (Å²) in [7, 11) is 0. The number of rotatable bonds is 3. The van der Waals surface area contributed by atoms with Gasteiger partial charge in [0.25, 0.3) is 5.89 Å². The Labute approximate surface area is 139 Å². The van der Waals surface area contributed by atoms with Gasteiger partial charge in [0.05, 0.1) is 5.69 Å². The Morgan fingerprint density at radius 1 is 1.13 bits per heavy atom. The lowest BCUT2D eigenvalue weighted by atomic mass is 9.87. The third-order valence-electron chi connectivity index (χ3n) is 3.68. The van der Waals surface area contributed by atoms with E-state index < -0.39 is 0 Å². The van der Waals surface area contributed by atoms with E-state index in [0.29, 0.717) is 16.8 Å². The van der Waals surface area contributed by atoms with E-state index in [4.69, 9.17) is 10.3 Å². The molecule has 0 aliphatic carbocycles. The minimum Gasteiger partial charge on any atom is -0.375 e. The highest BCUT2D eigenvalue weighted by atomic mass is 32.1. The molecule has 1 aromatic carbocycles. The number of thiazole rings is 1. The number of hydrogen-bond acceptors (Lipinski definition) is 6. The lowest BCUT2D eigenvalue weighted by Crippen LogP contribution is -2.10. The molecule has 0 atom stereocenters. The summed E-state index contributed by atoms with van der Waals surface area (Å²) in [6, 6.07) is 8.26. The molecular weight excluding hydrogens is 308 g/mol. The van der Waals surface area contributed by atoms with Crippen molar-refractivity contribution in [1.29, 1.82) is 0 Å². The lowest BCUT2D eigenvalue weighted by molar-refractivity contribution is 0.433. The predicted octanol–water partition coefficient (Wildman–Crippen LogP) is 4.30. The Bertz CT molecular complexity index is 812. The van der Waals surface area contributed by atoms with Gasteiger partial charge in [0.2, 0.25) is 5.82 Å². The zero-order valence-corrected chi connectivity index (χ0v) is 14.6. The Kier molecular flexibility index (Phi) is 3.93. The molecule has 0 amide bonds. The molecule has 0 saturated carbocycles. The highest BCUT2D eigenvalue weighted by Gasteiger charge is 2.18. The number of anilines is 1. The quantitative estimate of drug-likeness (QED) is 0.775. The fourth-order valence-corrected chi connectivity index (χ4v) is 3.17. The average Bonchev–Trinajstić information content (AvgIpc) is 3.12. The molecule has 0 spiro atoms. The van der Waals surface area contributed by atoms with E-state index in [1.807, 2.05) is 19.1 Å². The fourth-order valence-electron chi connectivity index (χ4n) is 2.33. The molecule has 2 heterocycles. The van der Waals surface area contributed by atoms with Gasteiger partial charge in [-0.05, 0) is 17.4 Å². The van der Waals surface area contributed by atoms with Crippen molar-refractivity contribution < 1.29 is 4.52 Å². The molecule has 0 saturated heterocycles. The average molecular weight is 328 g/mol. The molecule has 6 heteroatoms. The highest BCUT2D eigenvalue weighted by molar-refractivity contribution is 7.18. The van der Waals surface area contributed by atoms with Gasteiger partial charge in [0.15, 0.2) is 5.13 Å². The van der Waals surface area contributed by atoms with Crippen LogP contribution in [0.15, 0.2) is 28.8 Å². The van der Waals surface area contributed by atoms with Gasteiger partial charge in [-0.25, -0.2) is 4.98 Å². The van der Waals surface area contributed by atoms with Gasteiger partial charge >= 0.3 is 0 Å². The Balaban J connectivity index is 1.93. The van der Waals surface area contributed by atoms with Crippen LogP contribution in [-0.4, -0.2) is 15.1 Å². The van der Waals surface area contributed by atoms with Crippen LogP contribution in [0, 0.1) is 0 Å². The summed E-state index contributed by atoms with van der Waals surface area (Å²) >= 11 is 1.38. The SMILES string of the molecule is CCc1nc(N)sc1-c1nc(-c2ccc(C(C)(C)C)cc2)no1. The normalized spacial score (nSPS) is 11.8. The largest absolute Gasteiger partial charge is 0.375 e. The molecule has 0 fully saturated rings. The first kappa shape index (κ1) is 15.7. The first-order valence-electron chi connectivity index (χ1n) is 7.58. The zero-order chi connectivity index (χ0) is 16.6. The maximum absolute atomic E-state index is 5.79. The van der Waals surface area contributed by atoms with Crippen LogP contribution in [0.2, 0.25) is 0 Å². The van der Waals surface area contributed by atoms with E-state index in [2.05, 4.69) is 48.0 Å². The van der Waals surface area contributed by atoms with Crippen molar-refractivity contribution >= 4 is 16.5 Å². The fraction of sp³-hybridized carbons (Fsp3) is 0.353. The number of nitrogens with zero attached hydrogens (tertiary/aromatic N) is 3. The van der Waals surface area contributed by atoms with Gasteiger partial charge < -0.3 is 10.3 Å². The van der Waals surface area contributed by atoms with Gasteiger partial charge in [0.1, 0.15) is 4.88 Å². The van der Waals surface area contributed by atoms with Crippen molar-refractivity contribution in [3.05, 3.63) is 35.5 Å². The van der Waals surface area contributed by atoms with Crippen LogP contribution >= 0.6 is 11.3 Å². The van der Waals surface area contributed by atoms with E-state index in [1.165, 1.54) is 16.9 Å². The second-order valence-corrected chi connectivity index (χ2v) is 7.46. The van der Waals surface area contributed by atoms with E-state index in [0.717, 1.165) is 22.6 Å². The van der Waals surface area contributed by atoms with Gasteiger partial charge in [-0.3, -0.25) is 0 Å². The third-order valence-corrected chi connectivity index (χ3v) is 4.59. The van der Waals surface area contributed by atoms with Gasteiger partial charge in [-0.2, -0.15) is 4.98 Å². The van der Waals surface area contributed by atoms with Gasteiger partial charge in [-0.1, -0.05) is 68.5 Å². The Morgan fingerprint density at radius 3 is 2.43 bits per heavy atom. The standard InChI is InChI=1S/C17H20N4OS/c1-5-12-13(23-16(18)19-12)15-20-14(21-22-15)10-6-8-11(9-7-10)17(2,3)4/h6-9H,5H2,1-4H3,(H2,18,19). The molecule has 3 aromatic rings. The Hall–Kier alpha value is -2.21. The van der Waals surface area contributed by atoms with E-state index in [-0.39, 0.29) is 5.41 Å². The zero-order valence-electron chi connectivity index (χ0n) is 13.8. The number of aryl methyl sites for hydroxylation is 1. The molecule has 0 radical (unpaired) electrons. The molecule has 120 valence electrons. The van der Waals surface area contributed by atoms with Crippen molar-refractivity contribution in [2.24, 2.45) is 0 Å². The predicted molar refractivity (Wildman–Crippen MR) is 93.3 cm³/mol. The molecule has 0 bridgehead atoms. The molecule has 0 aliphatic heterocycles. The van der Waals surface area contributed by atoms with E-state index in [9.17, 15) is 0 Å². The maximum Gasteiger partial charge on any atom is 0.270 e. The van der Waals surface area contributed by atoms with E-state index >= 15 is 0 Å². The number of benzene rings is 1. The molecule has 23 heavy (non-hydrogen) atoms. The molecule has 2 aromatic heterocycles. The van der Waals surface area contributed by atoms with E-state index in [1.54, 1.807) is 0 Å². The summed E-state index contributed by atoms with van der Waals surface area (Å²) in [6.07, 6.45) is 0.779. The molecular formula is C17H20N4OS. The summed E-state index contributed by atoms with van der Waals surface area (Å²) in [5.74, 6) is 1.06. The number of hydrogen-bond donors (Lipinski definition) is 1. The minimum atomic E-state index is 0.122. The molecule has 0 aliphatic rings. The van der Waals surface area contributed by atoms with Crippen LogP contribution in [0.5, 0.6) is 0 Å². The smallest absolute Gasteiger partial charge is 0.270 e. The summed E-state index contributed by atoms with van der Waals surface area (Å²) in [6.45, 7) is 8.60. The van der Waals surface area contributed by atoms with Crippen molar-refractivity contribution in [2.45, 2.75) is 39.5 Å².